The predicted octanol–water partition coefficient (Wildman–Crippen LogP) is 4.41. The van der Waals surface area contributed by atoms with Crippen LogP contribution in [0.1, 0.15) is 31.9 Å². The molecule has 112 valence electrons. The molecule has 2 nitrogen and oxygen atoms in total. The predicted molar refractivity (Wildman–Crippen MR) is 89.0 cm³/mol. The molecule has 21 heavy (non-hydrogen) atoms. The highest BCUT2D eigenvalue weighted by Gasteiger charge is 2.15. The molecular formula is C17H20O2S2. The van der Waals surface area contributed by atoms with Crippen LogP contribution in [0.15, 0.2) is 57.2 Å². The molecule has 0 aromatic heterocycles. The first-order chi connectivity index (χ1) is 9.77. The first-order valence-electron chi connectivity index (χ1n) is 6.81. The summed E-state index contributed by atoms with van der Waals surface area (Å²) in [7, 11) is -2.50. The minimum Gasteiger partial charge on any atom is -0.227 e. The first-order valence-corrected chi connectivity index (χ1v) is 8.80. The molecule has 0 aliphatic rings. The molecule has 2 aromatic carbocycles. The van der Waals surface area contributed by atoms with Gasteiger partial charge in [-0.3, -0.25) is 0 Å². The van der Waals surface area contributed by atoms with Crippen LogP contribution in [-0.2, 0) is 16.1 Å². The van der Waals surface area contributed by atoms with E-state index in [0.29, 0.717) is 4.90 Å². The molecule has 0 saturated carbocycles. The number of hydrogen-bond donors (Lipinski definition) is 1. The van der Waals surface area contributed by atoms with Crippen LogP contribution in [0.3, 0.4) is 0 Å². The van der Waals surface area contributed by atoms with Crippen LogP contribution in [0.4, 0.5) is 0 Å². The molecule has 0 amide bonds. The van der Waals surface area contributed by atoms with E-state index < -0.39 is 10.7 Å². The van der Waals surface area contributed by atoms with E-state index in [0.717, 1.165) is 4.90 Å². The van der Waals surface area contributed by atoms with Gasteiger partial charge in [-0.2, -0.15) is 0 Å². The van der Waals surface area contributed by atoms with E-state index in [1.807, 2.05) is 12.1 Å². The van der Waals surface area contributed by atoms with Crippen molar-refractivity contribution in [3.05, 3.63) is 53.6 Å². The van der Waals surface area contributed by atoms with Crippen molar-refractivity contribution in [2.75, 3.05) is 0 Å². The van der Waals surface area contributed by atoms with E-state index >= 15 is 0 Å². The SMILES string of the molecule is Cc1ccc(C(C)(C)C)cc1Sc1ccc([SH](=O)=O)cc1. The first kappa shape index (κ1) is 16.1. The molecule has 0 fully saturated rings. The number of hydrogen-bond acceptors (Lipinski definition) is 3. The average Bonchev–Trinajstić information content (AvgIpc) is 2.40. The zero-order valence-corrected chi connectivity index (χ0v) is 14.4. The smallest absolute Gasteiger partial charge is 0.168 e. The van der Waals surface area contributed by atoms with Crippen molar-refractivity contribution in [3.8, 4) is 0 Å². The number of aryl methyl sites for hydroxylation is 1. The van der Waals surface area contributed by atoms with Crippen LogP contribution < -0.4 is 0 Å². The second kappa shape index (κ2) is 6.24. The van der Waals surface area contributed by atoms with Crippen LogP contribution in [0, 0.1) is 6.92 Å². The van der Waals surface area contributed by atoms with Gasteiger partial charge >= 0.3 is 0 Å². The molecule has 2 aromatic rings. The van der Waals surface area contributed by atoms with E-state index in [1.165, 1.54) is 16.0 Å². The summed E-state index contributed by atoms with van der Waals surface area (Å²) in [5.41, 5.74) is 2.65. The highest BCUT2D eigenvalue weighted by atomic mass is 32.2. The lowest BCUT2D eigenvalue weighted by molar-refractivity contribution is 0.588. The lowest BCUT2D eigenvalue weighted by Gasteiger charge is -2.20. The van der Waals surface area contributed by atoms with Crippen molar-refractivity contribution >= 4 is 22.5 Å². The molecule has 0 saturated heterocycles. The molecule has 0 N–H and O–H groups in total. The normalized spacial score (nSPS) is 11.9. The van der Waals surface area contributed by atoms with Gasteiger partial charge < -0.3 is 0 Å². The Morgan fingerprint density at radius 2 is 1.57 bits per heavy atom. The maximum Gasteiger partial charge on any atom is 0.168 e. The van der Waals surface area contributed by atoms with Crippen LogP contribution in [0.25, 0.3) is 0 Å². The summed E-state index contributed by atoms with van der Waals surface area (Å²) in [5, 5.41) is 0. The van der Waals surface area contributed by atoms with Crippen molar-refractivity contribution in [1.29, 1.82) is 0 Å². The highest BCUT2D eigenvalue weighted by Crippen LogP contribution is 2.34. The summed E-state index contributed by atoms with van der Waals surface area (Å²) in [4.78, 5) is 2.61. The lowest BCUT2D eigenvalue weighted by Crippen LogP contribution is -2.11. The summed E-state index contributed by atoms with van der Waals surface area (Å²) in [6, 6.07) is 13.6. The maximum atomic E-state index is 10.9. The van der Waals surface area contributed by atoms with Crippen molar-refractivity contribution < 1.29 is 8.42 Å². The number of benzene rings is 2. The fraction of sp³-hybridized carbons (Fsp3) is 0.294. The molecular weight excluding hydrogens is 300 g/mol. The Morgan fingerprint density at radius 3 is 2.10 bits per heavy atom. The van der Waals surface area contributed by atoms with E-state index in [4.69, 9.17) is 0 Å². The second-order valence-corrected chi connectivity index (χ2v) is 8.23. The van der Waals surface area contributed by atoms with Gasteiger partial charge in [-0.05, 0) is 53.8 Å². The van der Waals surface area contributed by atoms with Crippen molar-refractivity contribution in [1.82, 2.24) is 0 Å². The van der Waals surface area contributed by atoms with Gasteiger partial charge in [0, 0.05) is 9.79 Å². The van der Waals surface area contributed by atoms with Gasteiger partial charge in [0.25, 0.3) is 0 Å². The molecule has 0 heterocycles. The van der Waals surface area contributed by atoms with Crippen molar-refractivity contribution in [2.24, 2.45) is 0 Å². The molecule has 0 spiro atoms. The zero-order valence-electron chi connectivity index (χ0n) is 12.7. The minimum absolute atomic E-state index is 0.119. The summed E-state index contributed by atoms with van der Waals surface area (Å²) in [6.07, 6.45) is 0. The topological polar surface area (TPSA) is 34.1 Å². The van der Waals surface area contributed by atoms with Crippen LogP contribution >= 0.6 is 11.8 Å². The summed E-state index contributed by atoms with van der Waals surface area (Å²) >= 11 is 1.67. The summed E-state index contributed by atoms with van der Waals surface area (Å²) < 4.78 is 21.8. The van der Waals surface area contributed by atoms with Gasteiger partial charge in [-0.1, -0.05) is 44.7 Å². The Hall–Kier alpha value is -1.26. The Balaban J connectivity index is 2.30. The van der Waals surface area contributed by atoms with Gasteiger partial charge in [-0.25, -0.2) is 8.42 Å². The van der Waals surface area contributed by atoms with E-state index in [9.17, 15) is 8.42 Å². The molecule has 0 aliphatic heterocycles. The highest BCUT2D eigenvalue weighted by molar-refractivity contribution is 7.99. The molecule has 0 bridgehead atoms. The lowest BCUT2D eigenvalue weighted by atomic mass is 9.87. The summed E-state index contributed by atoms with van der Waals surface area (Å²) in [6.45, 7) is 8.70. The molecule has 0 radical (unpaired) electrons. The fourth-order valence-electron chi connectivity index (χ4n) is 1.94. The van der Waals surface area contributed by atoms with Crippen LogP contribution in [0.5, 0.6) is 0 Å². The standard InChI is InChI=1S/C17H20O2S2/c1-12-5-6-13(17(2,3)4)11-16(12)20-14-7-9-15(10-8-14)21(18)19/h5-11,21H,1-4H3. The maximum absolute atomic E-state index is 10.9. The zero-order chi connectivity index (χ0) is 15.6. The van der Waals surface area contributed by atoms with Gasteiger partial charge in [0.05, 0.1) is 4.90 Å². The van der Waals surface area contributed by atoms with E-state index in [1.54, 1.807) is 23.9 Å². The van der Waals surface area contributed by atoms with Gasteiger partial charge in [0.2, 0.25) is 0 Å². The summed E-state index contributed by atoms with van der Waals surface area (Å²) in [5.74, 6) is 0. The molecule has 0 aliphatic carbocycles. The Bertz CT molecular complexity index is 701. The van der Waals surface area contributed by atoms with Gasteiger partial charge in [-0.15, -0.1) is 0 Å². The van der Waals surface area contributed by atoms with E-state index in [-0.39, 0.29) is 5.41 Å². The molecule has 4 heteroatoms. The Kier molecular flexibility index (Phi) is 4.79. The van der Waals surface area contributed by atoms with Crippen molar-refractivity contribution in [2.45, 2.75) is 47.8 Å². The van der Waals surface area contributed by atoms with E-state index in [2.05, 4.69) is 45.9 Å². The minimum atomic E-state index is -2.50. The van der Waals surface area contributed by atoms with Crippen LogP contribution in [0.2, 0.25) is 0 Å². The fourth-order valence-corrected chi connectivity index (χ4v) is 3.27. The van der Waals surface area contributed by atoms with Crippen molar-refractivity contribution in [3.63, 3.8) is 0 Å². The second-order valence-electron chi connectivity index (χ2n) is 6.08. The molecule has 0 atom stereocenters. The number of thiol groups is 1. The van der Waals surface area contributed by atoms with Gasteiger partial charge in [0.1, 0.15) is 0 Å². The largest absolute Gasteiger partial charge is 0.227 e. The third kappa shape index (κ3) is 4.11. The number of rotatable bonds is 3. The van der Waals surface area contributed by atoms with Gasteiger partial charge in [0.15, 0.2) is 10.7 Å². The monoisotopic (exact) mass is 320 g/mol. The Labute approximate surface area is 132 Å². The molecule has 0 unspecified atom stereocenters. The molecule has 2 rings (SSSR count). The van der Waals surface area contributed by atoms with Crippen LogP contribution in [-0.4, -0.2) is 8.42 Å². The third-order valence-electron chi connectivity index (χ3n) is 3.33. The Morgan fingerprint density at radius 1 is 0.952 bits per heavy atom. The average molecular weight is 320 g/mol. The third-order valence-corrected chi connectivity index (χ3v) is 5.22. The quantitative estimate of drug-likeness (QED) is 0.850.